The summed E-state index contributed by atoms with van der Waals surface area (Å²) in [6.45, 7) is 5.23. The van der Waals surface area contributed by atoms with E-state index in [0.717, 1.165) is 11.4 Å². The molecule has 3 aromatic rings. The molecule has 0 saturated carbocycles. The van der Waals surface area contributed by atoms with Gasteiger partial charge in [-0.25, -0.2) is 9.78 Å². The molecule has 1 aromatic heterocycles. The fraction of sp³-hybridized carbons (Fsp3) is 0.414. The third-order valence-electron chi connectivity index (χ3n) is 6.11. The lowest BCUT2D eigenvalue weighted by Gasteiger charge is -2.14. The van der Waals surface area contributed by atoms with Crippen LogP contribution in [0.5, 0.6) is 5.75 Å². The topological polar surface area (TPSA) is 218 Å². The predicted molar refractivity (Wildman–Crippen MR) is 160 cm³/mol. The first-order valence-corrected chi connectivity index (χ1v) is 13.7. The molecule has 1 heterocycles. The van der Waals surface area contributed by atoms with Crippen LogP contribution in [0.3, 0.4) is 0 Å². The van der Waals surface area contributed by atoms with Gasteiger partial charge in [0.15, 0.2) is 12.1 Å². The number of fused-ring (bicyclic) bond motifs is 1. The lowest BCUT2D eigenvalue weighted by Crippen LogP contribution is -2.30. The summed E-state index contributed by atoms with van der Waals surface area (Å²) >= 11 is 0. The third-order valence-corrected chi connectivity index (χ3v) is 6.11. The molecule has 0 saturated heterocycles. The van der Waals surface area contributed by atoms with E-state index < -0.39 is 24.1 Å². The van der Waals surface area contributed by atoms with Crippen molar-refractivity contribution < 1.29 is 29.3 Å². The Labute approximate surface area is 244 Å². The Morgan fingerprint density at radius 1 is 1.05 bits per heavy atom. The van der Waals surface area contributed by atoms with Crippen LogP contribution in [0, 0.1) is 0 Å². The molecule has 2 atom stereocenters. The van der Waals surface area contributed by atoms with Gasteiger partial charge in [0.05, 0.1) is 17.4 Å². The number of aliphatic imine (C=N–C) groups is 1. The number of hydrogen-bond acceptors (Lipinski definition) is 8. The maximum absolute atomic E-state index is 12.8. The summed E-state index contributed by atoms with van der Waals surface area (Å²) in [6, 6.07) is 13.8. The van der Waals surface area contributed by atoms with E-state index in [4.69, 9.17) is 31.8 Å². The zero-order valence-corrected chi connectivity index (χ0v) is 23.9. The highest BCUT2D eigenvalue weighted by Crippen LogP contribution is 2.15. The molecule has 42 heavy (non-hydrogen) atoms. The number of aryl methyl sites for hydroxylation is 1. The highest BCUT2D eigenvalue weighted by Gasteiger charge is 2.18. The number of benzene rings is 2. The van der Waals surface area contributed by atoms with E-state index in [2.05, 4.69) is 9.98 Å². The van der Waals surface area contributed by atoms with Gasteiger partial charge in [-0.15, -0.1) is 0 Å². The van der Waals surface area contributed by atoms with Gasteiger partial charge in [0, 0.05) is 26.0 Å². The van der Waals surface area contributed by atoms with E-state index in [-0.39, 0.29) is 11.5 Å². The number of carboxylic acid groups (broad SMARTS) is 2. The first-order valence-electron chi connectivity index (χ1n) is 13.7. The minimum Gasteiger partial charge on any atom is -0.492 e. The van der Waals surface area contributed by atoms with Crippen molar-refractivity contribution in [1.82, 2.24) is 9.55 Å². The van der Waals surface area contributed by atoms with E-state index >= 15 is 0 Å². The number of rotatable bonds is 15. The molecule has 13 heteroatoms. The molecule has 3 rings (SSSR count). The summed E-state index contributed by atoms with van der Waals surface area (Å²) in [5.41, 5.74) is 16.8. The van der Waals surface area contributed by atoms with Crippen molar-refractivity contribution in [3.8, 4) is 5.75 Å². The molecule has 0 aliphatic rings. The number of hydrogen-bond donors (Lipinski definition) is 5. The number of carboxylic acids is 2. The number of para-hydroxylation sites is 1. The van der Waals surface area contributed by atoms with Gasteiger partial charge in [0.25, 0.3) is 5.56 Å². The molecule has 13 nitrogen and oxygen atoms in total. The van der Waals surface area contributed by atoms with Crippen LogP contribution in [0.25, 0.3) is 10.9 Å². The largest absolute Gasteiger partial charge is 0.492 e. The molecular formula is C29H40N6O7. The Morgan fingerprint density at radius 2 is 1.74 bits per heavy atom. The van der Waals surface area contributed by atoms with Crippen LogP contribution >= 0.6 is 0 Å². The number of carbonyl (C=O) groups is 2. The van der Waals surface area contributed by atoms with Crippen molar-refractivity contribution in [1.29, 1.82) is 0 Å². The first-order chi connectivity index (χ1) is 20.1. The molecule has 2 aromatic carbocycles. The van der Waals surface area contributed by atoms with E-state index in [1.807, 2.05) is 37.3 Å². The summed E-state index contributed by atoms with van der Waals surface area (Å²) < 4.78 is 12.7. The molecule has 228 valence electrons. The second-order valence-electron chi connectivity index (χ2n) is 9.23. The molecule has 0 spiro atoms. The molecular weight excluding hydrogens is 544 g/mol. The third kappa shape index (κ3) is 10.8. The highest BCUT2D eigenvalue weighted by molar-refractivity contribution is 5.77. The second kappa shape index (κ2) is 17.4. The average Bonchev–Trinajstić information content (AvgIpc) is 2.97. The lowest BCUT2D eigenvalue weighted by molar-refractivity contribution is -0.150. The Balaban J connectivity index is 0.000000435. The van der Waals surface area contributed by atoms with Crippen LogP contribution in [0.1, 0.15) is 38.1 Å². The lowest BCUT2D eigenvalue weighted by atomic mass is 10.1. The van der Waals surface area contributed by atoms with Crippen molar-refractivity contribution in [2.24, 2.45) is 22.2 Å². The smallest absolute Gasteiger partial charge is 0.333 e. The molecule has 8 N–H and O–H groups in total. The molecule has 0 amide bonds. The summed E-state index contributed by atoms with van der Waals surface area (Å²) in [6.07, 6.45) is 1.04. The fourth-order valence-electron chi connectivity index (χ4n) is 3.97. The average molecular weight is 585 g/mol. The number of aromatic nitrogens is 2. The maximum atomic E-state index is 12.8. The quantitative estimate of drug-likeness (QED) is 0.0979. The Bertz CT molecular complexity index is 1390. The summed E-state index contributed by atoms with van der Waals surface area (Å²) in [5, 5.41) is 18.2. The predicted octanol–water partition coefficient (Wildman–Crippen LogP) is 1.52. The SMILES string of the molecule is CCOC(Cc1ccc(OCCn2c(CC)nc3ccccc3c2=O)cc1)C(=O)O.NC(N)=NCCC[C@@H](N)C(=O)O. The Hall–Kier alpha value is -4.49. The van der Waals surface area contributed by atoms with Gasteiger partial charge >= 0.3 is 11.9 Å². The van der Waals surface area contributed by atoms with Crippen LogP contribution in [-0.2, 0) is 33.7 Å². The van der Waals surface area contributed by atoms with Crippen LogP contribution in [0.2, 0.25) is 0 Å². The van der Waals surface area contributed by atoms with Crippen molar-refractivity contribution in [3.63, 3.8) is 0 Å². The number of nitrogens with two attached hydrogens (primary N) is 3. The van der Waals surface area contributed by atoms with Gasteiger partial charge in [-0.05, 0) is 49.6 Å². The normalized spacial score (nSPS) is 12.1. The van der Waals surface area contributed by atoms with Crippen LogP contribution in [0.4, 0.5) is 0 Å². The zero-order chi connectivity index (χ0) is 31.1. The standard InChI is InChI=1S/C23H26N2O5.C6H14N4O2/c1-3-21-24-19-8-6-5-7-18(19)22(26)25(21)13-14-30-17-11-9-16(10-12-17)15-20(23(27)28)29-4-2;7-4(5(11)12)2-1-3-10-6(8)9/h5-12,20H,3-4,13-15H2,1-2H3,(H,27,28);4H,1-3,7H2,(H,11,12)(H4,8,9,10)/t;4-/m.1/s1. The van der Waals surface area contributed by atoms with E-state index in [9.17, 15) is 19.5 Å². The number of ether oxygens (including phenoxy) is 2. The van der Waals surface area contributed by atoms with Crippen LogP contribution in [-0.4, -0.2) is 69.6 Å². The summed E-state index contributed by atoms with van der Waals surface area (Å²) in [5.74, 6) is -0.577. The molecule has 0 bridgehead atoms. The van der Waals surface area contributed by atoms with Gasteiger partial charge in [0.2, 0.25) is 0 Å². The number of guanidine groups is 1. The van der Waals surface area contributed by atoms with Crippen molar-refractivity contribution in [3.05, 3.63) is 70.3 Å². The fourth-order valence-corrected chi connectivity index (χ4v) is 3.97. The molecule has 0 aliphatic heterocycles. The van der Waals surface area contributed by atoms with Gasteiger partial charge in [-0.3, -0.25) is 19.1 Å². The van der Waals surface area contributed by atoms with Crippen molar-refractivity contribution in [2.75, 3.05) is 19.8 Å². The van der Waals surface area contributed by atoms with E-state index in [1.165, 1.54) is 0 Å². The van der Waals surface area contributed by atoms with Crippen LogP contribution < -0.4 is 27.5 Å². The van der Waals surface area contributed by atoms with E-state index in [0.29, 0.717) is 68.6 Å². The van der Waals surface area contributed by atoms with Crippen molar-refractivity contribution >= 4 is 28.8 Å². The Morgan fingerprint density at radius 3 is 2.33 bits per heavy atom. The minimum absolute atomic E-state index is 0.0129. The molecule has 0 aliphatic carbocycles. The van der Waals surface area contributed by atoms with Gasteiger partial charge in [-0.2, -0.15) is 0 Å². The molecule has 0 radical (unpaired) electrons. The number of nitrogens with zero attached hydrogens (tertiary/aromatic N) is 3. The maximum Gasteiger partial charge on any atom is 0.333 e. The highest BCUT2D eigenvalue weighted by atomic mass is 16.5. The molecule has 0 fully saturated rings. The monoisotopic (exact) mass is 584 g/mol. The van der Waals surface area contributed by atoms with Gasteiger partial charge in [-0.1, -0.05) is 31.2 Å². The zero-order valence-electron chi connectivity index (χ0n) is 23.9. The molecule has 1 unspecified atom stereocenters. The summed E-state index contributed by atoms with van der Waals surface area (Å²) in [7, 11) is 0. The number of aliphatic carboxylic acids is 2. The van der Waals surface area contributed by atoms with E-state index in [1.54, 1.807) is 29.7 Å². The Kier molecular flexibility index (Phi) is 13.9. The van der Waals surface area contributed by atoms with Gasteiger partial charge in [0.1, 0.15) is 24.2 Å². The second-order valence-corrected chi connectivity index (χ2v) is 9.23. The first kappa shape index (κ1) is 33.7. The minimum atomic E-state index is -1.00. The van der Waals surface area contributed by atoms with Gasteiger partial charge < -0.3 is 36.9 Å². The van der Waals surface area contributed by atoms with Crippen molar-refractivity contribution in [2.45, 2.75) is 58.2 Å². The summed E-state index contributed by atoms with van der Waals surface area (Å²) in [4.78, 5) is 42.5. The van der Waals surface area contributed by atoms with Crippen LogP contribution in [0.15, 0.2) is 58.3 Å².